The van der Waals surface area contributed by atoms with Crippen LogP contribution in [-0.4, -0.2) is 165 Å². The van der Waals surface area contributed by atoms with Gasteiger partial charge in [0.1, 0.15) is 58.7 Å². The minimum absolute atomic E-state index is 0.169. The van der Waals surface area contributed by atoms with Crippen LogP contribution in [0.4, 0.5) is 68.8 Å². The topological polar surface area (TPSA) is 398 Å². The lowest BCUT2D eigenvalue weighted by atomic mass is 10.1. The van der Waals surface area contributed by atoms with Crippen LogP contribution in [0.15, 0.2) is 226 Å². The Morgan fingerprint density at radius 3 is 0.984 bits per heavy atom. The number of anilines is 12. The fourth-order valence-corrected chi connectivity index (χ4v) is 15.5. The average molecular weight is 1700 g/mol. The Balaban J connectivity index is 0.000000136. The molecular formula is C95H107N23O8. The zero-order valence-electron chi connectivity index (χ0n) is 71.3. The average Bonchev–Trinajstić information content (AvgIpc) is 1.18. The molecule has 4 aromatic carbocycles. The van der Waals surface area contributed by atoms with Crippen LogP contribution in [0.2, 0.25) is 0 Å². The van der Waals surface area contributed by atoms with Crippen LogP contribution < -0.4 is 89.7 Å². The van der Waals surface area contributed by atoms with Gasteiger partial charge in [-0.25, -0.2) is 29.9 Å². The van der Waals surface area contributed by atoms with E-state index >= 15 is 0 Å². The lowest BCUT2D eigenvalue weighted by Crippen LogP contribution is -2.29. The number of hydrogen-bond donors (Lipinski definition) is 13. The molecule has 126 heavy (non-hydrogen) atoms. The van der Waals surface area contributed by atoms with Crippen molar-refractivity contribution in [1.82, 2.24) is 55.2 Å². The number of benzene rings is 4. The summed E-state index contributed by atoms with van der Waals surface area (Å²) in [6.45, 7) is 14.4. The van der Waals surface area contributed by atoms with Gasteiger partial charge in [0.05, 0.1) is 22.8 Å². The number of piperidine rings is 4. The number of pyridine rings is 6. The highest BCUT2D eigenvalue weighted by atomic mass is 16.2. The van der Waals surface area contributed by atoms with Gasteiger partial charge >= 0.3 is 0 Å². The number of H-pyrrole nitrogens is 4. The number of carbonyl (C=O) groups is 4. The first-order chi connectivity index (χ1) is 61.4. The molecule has 1 unspecified atom stereocenters. The summed E-state index contributed by atoms with van der Waals surface area (Å²) in [6, 6.07) is 52.1. The van der Waals surface area contributed by atoms with Crippen molar-refractivity contribution in [2.45, 2.75) is 109 Å². The van der Waals surface area contributed by atoms with Gasteiger partial charge in [-0.05, 0) is 249 Å². The molecule has 0 bridgehead atoms. The van der Waals surface area contributed by atoms with Crippen molar-refractivity contribution in [3.05, 3.63) is 271 Å². The van der Waals surface area contributed by atoms with Crippen LogP contribution in [0.1, 0.15) is 139 Å². The summed E-state index contributed by atoms with van der Waals surface area (Å²) in [7, 11) is 3.56. The molecule has 0 aliphatic carbocycles. The van der Waals surface area contributed by atoms with E-state index in [-0.39, 0.29) is 74.7 Å². The molecule has 5 saturated heterocycles. The molecule has 4 amide bonds. The standard InChI is InChI=1S/C25H29N7O2.C25H29N5O2.C23H25N5O2.C22H24N6O2/c33-24(17-4-6-20(7-5-17)32-10-2-1-3-11-32)31-22-12-18(14-27-25(22)34)21-13-23(29-16-28-21)30-19-8-9-26-15-19;1-17(2)27-23-8-6-7-21(28-23)19-15-22(25(32)26-16-19)29-24(31)18-9-11-20(12-10-18)30-13-4-3-5-14-30;1-24-21-7-5-6-19(26-21)17-14-20(23(30)25-15-17)27-22(29)16-8-10-18(11-9-16)28-12-3-2-4-13-28;1-23-20-12-18(25-14-26-20)16-11-19(22(30)24-13-16)27-21(29)15-5-7-17(8-6-15)28-9-3-2-4-10-28/h4-7,12-14,16,19,26H,1-3,8-11,15H2,(H,27,34)(H,31,33)(H,28,29,30);6-12,15-17H,3-5,13-14H2,1-2H3,(H,26,32)(H,27,28)(H,29,31);5-11,14-15H,2-4,12-13H2,1H3,(H,24,26)(H,25,30)(H,27,29);5-8,11-14H,2-4,9-10H2,1H3,(H,24,30)(H,27,29)(H,23,25,26). The molecule has 13 heterocycles. The summed E-state index contributed by atoms with van der Waals surface area (Å²) in [4.78, 5) is 146. The third-order valence-corrected chi connectivity index (χ3v) is 22.4. The van der Waals surface area contributed by atoms with Gasteiger partial charge in [0.25, 0.3) is 45.9 Å². The van der Waals surface area contributed by atoms with Crippen LogP contribution in [0, 0.1) is 0 Å². The third kappa shape index (κ3) is 23.8. The molecule has 5 aliphatic rings. The van der Waals surface area contributed by atoms with Crippen molar-refractivity contribution in [3.63, 3.8) is 0 Å². The SMILES string of the molecule is CC(C)Nc1cccc(-c2c[nH]c(=O)c(NC(=O)c3ccc(N4CCCCC4)cc3)c2)n1.CNc1cc(-c2c[nH]c(=O)c(NC(=O)c3ccc(N4CCCCC4)cc3)c2)ncn1.CNc1cccc(-c2c[nH]c(=O)c(NC(=O)c3ccc(N4CCCCC4)cc3)c2)n1.O=C(Nc1cc(-c2cc(NC3CCNC3)ncn2)c[nH]c1=O)c1ccc(N2CCCCC2)cc1. The van der Waals surface area contributed by atoms with Crippen LogP contribution in [0.5, 0.6) is 0 Å². The van der Waals surface area contributed by atoms with Gasteiger partial charge in [-0.15, -0.1) is 0 Å². The second-order valence-corrected chi connectivity index (χ2v) is 31.7. The first-order valence-corrected chi connectivity index (χ1v) is 43.2. The lowest BCUT2D eigenvalue weighted by molar-refractivity contribution is 0.101. The van der Waals surface area contributed by atoms with Gasteiger partial charge < -0.3 is 87.4 Å². The monoisotopic (exact) mass is 1700 g/mol. The molecule has 12 aromatic rings. The maximum Gasteiger partial charge on any atom is 0.271 e. The minimum atomic E-state index is -0.375. The van der Waals surface area contributed by atoms with Crippen molar-refractivity contribution >= 4 is 92.4 Å². The first kappa shape index (κ1) is 87.7. The zero-order chi connectivity index (χ0) is 87.7. The van der Waals surface area contributed by atoms with Gasteiger partial charge in [-0.2, -0.15) is 0 Å². The summed E-state index contributed by atoms with van der Waals surface area (Å²) in [6.07, 6.45) is 25.0. The van der Waals surface area contributed by atoms with E-state index in [9.17, 15) is 38.4 Å². The fraction of sp³-hybridized carbons (Fsp3) is 0.305. The maximum absolute atomic E-state index is 12.8. The van der Waals surface area contributed by atoms with Gasteiger partial charge in [0, 0.05) is 189 Å². The van der Waals surface area contributed by atoms with Crippen LogP contribution in [-0.2, 0) is 0 Å². The molecule has 650 valence electrons. The van der Waals surface area contributed by atoms with Crippen molar-refractivity contribution in [3.8, 4) is 45.0 Å². The van der Waals surface area contributed by atoms with Gasteiger partial charge in [-0.3, -0.25) is 38.4 Å². The number of rotatable bonds is 22. The van der Waals surface area contributed by atoms with E-state index in [0.717, 1.165) is 112 Å². The maximum atomic E-state index is 12.8. The summed E-state index contributed by atoms with van der Waals surface area (Å²) in [5.41, 5.74) is 11.2. The highest BCUT2D eigenvalue weighted by molar-refractivity contribution is 6.07. The van der Waals surface area contributed by atoms with Crippen LogP contribution in [0.25, 0.3) is 45.0 Å². The zero-order valence-corrected chi connectivity index (χ0v) is 71.3. The van der Waals surface area contributed by atoms with E-state index in [1.807, 2.05) is 105 Å². The van der Waals surface area contributed by atoms with E-state index in [1.54, 1.807) is 118 Å². The second kappa shape index (κ2) is 42.9. The van der Waals surface area contributed by atoms with Gasteiger partial charge in [0.15, 0.2) is 0 Å². The normalized spacial score (nSPS) is 14.9. The molecule has 0 radical (unpaired) electrons. The highest BCUT2D eigenvalue weighted by Gasteiger charge is 2.22. The minimum Gasteiger partial charge on any atom is -0.373 e. The second-order valence-electron chi connectivity index (χ2n) is 31.7. The molecule has 5 fully saturated rings. The Labute approximate surface area is 730 Å². The molecule has 31 heteroatoms. The summed E-state index contributed by atoms with van der Waals surface area (Å²) >= 11 is 0. The Hall–Kier alpha value is -14.6. The summed E-state index contributed by atoms with van der Waals surface area (Å²) in [5, 5.41) is 26.8. The fourth-order valence-electron chi connectivity index (χ4n) is 15.5. The first-order valence-electron chi connectivity index (χ1n) is 43.2. The van der Waals surface area contributed by atoms with E-state index in [2.05, 4.69) is 117 Å². The Morgan fingerprint density at radius 2 is 0.667 bits per heavy atom. The molecule has 5 aliphatic heterocycles. The van der Waals surface area contributed by atoms with Gasteiger partial charge in [-0.1, -0.05) is 12.1 Å². The van der Waals surface area contributed by atoms with E-state index in [4.69, 9.17) is 0 Å². The molecule has 1 atom stereocenters. The molecular weight excluding hydrogens is 1590 g/mol. The number of nitrogens with zero attached hydrogens (tertiary/aromatic N) is 10. The largest absolute Gasteiger partial charge is 0.373 e. The quantitative estimate of drug-likeness (QED) is 0.0300. The molecule has 17 rings (SSSR count). The van der Waals surface area contributed by atoms with E-state index < -0.39 is 0 Å². The number of nitrogens with one attached hydrogen (secondary N) is 13. The Kier molecular flexibility index (Phi) is 29.9. The highest BCUT2D eigenvalue weighted by Crippen LogP contribution is 2.30. The van der Waals surface area contributed by atoms with E-state index in [1.165, 1.54) is 89.7 Å². The van der Waals surface area contributed by atoms with Crippen molar-refractivity contribution in [2.24, 2.45) is 0 Å². The summed E-state index contributed by atoms with van der Waals surface area (Å²) in [5.74, 6) is 1.56. The van der Waals surface area contributed by atoms with E-state index in [0.29, 0.717) is 79.1 Å². The molecule has 0 saturated carbocycles. The van der Waals surface area contributed by atoms with Crippen LogP contribution in [0.3, 0.4) is 0 Å². The number of carbonyl (C=O) groups excluding carboxylic acids is 4. The third-order valence-electron chi connectivity index (χ3n) is 22.4. The Morgan fingerprint density at radius 1 is 0.357 bits per heavy atom. The molecule has 8 aromatic heterocycles. The smallest absolute Gasteiger partial charge is 0.271 e. The number of aromatic nitrogens is 10. The number of aromatic amines is 4. The predicted octanol–water partition coefficient (Wildman–Crippen LogP) is 14.2. The van der Waals surface area contributed by atoms with Crippen molar-refractivity contribution in [1.29, 1.82) is 0 Å². The van der Waals surface area contributed by atoms with Crippen molar-refractivity contribution in [2.75, 3.05) is 142 Å². The number of hydrogen-bond acceptors (Lipinski definition) is 23. The molecule has 13 N–H and O–H groups in total. The van der Waals surface area contributed by atoms with Crippen molar-refractivity contribution < 1.29 is 19.2 Å². The molecule has 31 nitrogen and oxygen atoms in total. The summed E-state index contributed by atoms with van der Waals surface area (Å²) < 4.78 is 0. The lowest BCUT2D eigenvalue weighted by Gasteiger charge is -2.28. The predicted molar refractivity (Wildman–Crippen MR) is 501 cm³/mol. The Bertz CT molecular complexity index is 5780. The number of amides is 4. The molecule has 0 spiro atoms. The van der Waals surface area contributed by atoms with Gasteiger partial charge in [0.2, 0.25) is 0 Å². The van der Waals surface area contributed by atoms with Crippen LogP contribution >= 0.6 is 0 Å².